The Morgan fingerprint density at radius 2 is 1.30 bits per heavy atom. The Morgan fingerprint density at radius 1 is 0.811 bits per heavy atom. The molecule has 0 aromatic rings. The minimum absolute atomic E-state index is 0. The molecule has 6 N–H and O–H groups in total. The van der Waals surface area contributed by atoms with E-state index in [2.05, 4.69) is 43.9 Å². The lowest BCUT2D eigenvalue weighted by Gasteiger charge is -2.34. The number of hydrogen-bond donors (Lipinski definition) is 0. The average Bonchev–Trinajstić information content (AvgIpc) is 2.89. The van der Waals surface area contributed by atoms with Crippen LogP contribution in [0.2, 0.25) is 0 Å². The van der Waals surface area contributed by atoms with Crippen molar-refractivity contribution in [3.63, 3.8) is 0 Å². The molecule has 3 rings (SSSR count). The molecule has 3 fully saturated rings. The second kappa shape index (κ2) is 20.1. The van der Waals surface area contributed by atoms with E-state index in [9.17, 15) is 9.59 Å². The van der Waals surface area contributed by atoms with Crippen LogP contribution in [0, 0.1) is 47.3 Å². The first kappa shape index (κ1) is 37.3. The zero-order chi connectivity index (χ0) is 24.9. The molecule has 3 aliphatic carbocycles. The van der Waals surface area contributed by atoms with Gasteiger partial charge in [0, 0.05) is 17.9 Å². The molecule has 0 aliphatic heterocycles. The van der Waals surface area contributed by atoms with Crippen LogP contribution in [-0.4, -0.2) is 41.6 Å². The number of carbonyl (C=O) groups excluding carboxylic acids is 2. The molecule has 0 heterocycles. The summed E-state index contributed by atoms with van der Waals surface area (Å²) in [6.45, 7) is 10.00. The molecule has 37 heavy (non-hydrogen) atoms. The van der Waals surface area contributed by atoms with E-state index in [-0.39, 0.29) is 34.4 Å². The predicted molar refractivity (Wildman–Crippen MR) is 149 cm³/mol. The molecule has 216 valence electrons. The van der Waals surface area contributed by atoms with E-state index in [4.69, 9.17) is 4.74 Å². The van der Waals surface area contributed by atoms with Gasteiger partial charge in [0.1, 0.15) is 6.10 Å². The van der Waals surface area contributed by atoms with Gasteiger partial charge in [0.25, 0.3) is 0 Å². The van der Waals surface area contributed by atoms with Gasteiger partial charge in [-0.1, -0.05) is 52.0 Å². The maximum atomic E-state index is 12.6. The third-order valence-corrected chi connectivity index (χ3v) is 8.40. The molecule has 7 heteroatoms. The van der Waals surface area contributed by atoms with Crippen molar-refractivity contribution >= 4 is 11.9 Å². The summed E-state index contributed by atoms with van der Waals surface area (Å²) in [6, 6.07) is 0. The smallest absolute Gasteiger partial charge is 0.329 e. The highest BCUT2D eigenvalue weighted by Crippen LogP contribution is 2.35. The highest BCUT2D eigenvalue weighted by atomic mass is 16.5. The van der Waals surface area contributed by atoms with Gasteiger partial charge in [-0.25, -0.2) is 4.79 Å². The maximum Gasteiger partial charge on any atom is 0.329 e. The van der Waals surface area contributed by atoms with Crippen LogP contribution >= 0.6 is 0 Å². The van der Waals surface area contributed by atoms with Crippen LogP contribution in [0.3, 0.4) is 0 Å². The van der Waals surface area contributed by atoms with Gasteiger partial charge >= 0.3 is 11.9 Å². The molecule has 3 atom stereocenters. The lowest BCUT2D eigenvalue weighted by atomic mass is 9.78. The first-order chi connectivity index (χ1) is 16.4. The second-order valence-corrected chi connectivity index (χ2v) is 10.7. The fraction of sp³-hybridized carbons (Fsp3) is 0.800. The van der Waals surface area contributed by atoms with Gasteiger partial charge in [-0.2, -0.15) is 0 Å². The number of rotatable bonds is 5. The van der Waals surface area contributed by atoms with Crippen molar-refractivity contribution in [2.75, 3.05) is 7.11 Å². The van der Waals surface area contributed by atoms with Crippen LogP contribution in [0.15, 0.2) is 12.7 Å². The molecule has 0 bridgehead atoms. The summed E-state index contributed by atoms with van der Waals surface area (Å²) in [5.41, 5.74) is 0. The Labute approximate surface area is 225 Å². The molecule has 0 spiro atoms. The Hall–Kier alpha value is -1.88. The van der Waals surface area contributed by atoms with Gasteiger partial charge < -0.3 is 25.9 Å². The van der Waals surface area contributed by atoms with Crippen molar-refractivity contribution in [3.05, 3.63) is 12.7 Å². The monoisotopic (exact) mass is 526 g/mol. The van der Waals surface area contributed by atoms with E-state index in [0.29, 0.717) is 17.8 Å². The molecule has 3 aliphatic rings. The molecular formula is C30H54O7. The normalized spacial score (nSPS) is 30.5. The quantitative estimate of drug-likeness (QED) is 0.291. The van der Waals surface area contributed by atoms with Crippen molar-refractivity contribution in [1.29, 1.82) is 0 Å². The fourth-order valence-corrected chi connectivity index (χ4v) is 5.76. The van der Waals surface area contributed by atoms with E-state index < -0.39 is 5.97 Å². The molecule has 3 saturated carbocycles. The van der Waals surface area contributed by atoms with Crippen molar-refractivity contribution < 1.29 is 35.5 Å². The number of hydrogen-bond acceptors (Lipinski definition) is 4. The SMILES string of the molecule is C=CC(=O)OC.CCC1CCC(C#CC2CCC(OC(=O)C3CCC(CC)CC3)C(C)C2)CC1.O.O.O. The minimum Gasteiger partial charge on any atom is -0.466 e. The van der Waals surface area contributed by atoms with Gasteiger partial charge in [0.05, 0.1) is 13.0 Å². The molecule has 3 unspecified atom stereocenters. The van der Waals surface area contributed by atoms with Crippen molar-refractivity contribution in [2.24, 2.45) is 35.5 Å². The first-order valence-electron chi connectivity index (χ1n) is 13.8. The first-order valence-corrected chi connectivity index (χ1v) is 13.8. The molecule has 0 aromatic carbocycles. The van der Waals surface area contributed by atoms with Crippen LogP contribution in [0.1, 0.15) is 104 Å². The van der Waals surface area contributed by atoms with Gasteiger partial charge in [-0.15, -0.1) is 0 Å². The lowest BCUT2D eigenvalue weighted by Crippen LogP contribution is -2.34. The average molecular weight is 527 g/mol. The Kier molecular flexibility index (Phi) is 20.3. The van der Waals surface area contributed by atoms with Crippen LogP contribution in [-0.2, 0) is 19.1 Å². The molecule has 7 nitrogen and oxygen atoms in total. The Morgan fingerprint density at radius 3 is 1.73 bits per heavy atom. The van der Waals surface area contributed by atoms with E-state index >= 15 is 0 Å². The fourth-order valence-electron chi connectivity index (χ4n) is 5.76. The standard InChI is InChI=1S/C26H42O2.C4H6O2.3H2O/c1-4-20-6-8-22(9-7-20)10-11-23-14-17-25(19(3)18-23)28-26(27)24-15-12-21(5-2)13-16-24;1-3-4(5)6-2;;;/h19-25H,4-9,12-18H2,1-3H3;3H,1H2,2H3;3*1H2. The molecule has 0 saturated heterocycles. The topological polar surface area (TPSA) is 147 Å². The van der Waals surface area contributed by atoms with Crippen LogP contribution in [0.5, 0.6) is 0 Å². The maximum absolute atomic E-state index is 12.6. The van der Waals surface area contributed by atoms with Gasteiger partial charge in [-0.05, 0) is 88.4 Å². The predicted octanol–water partition coefficient (Wildman–Crippen LogP) is 4.64. The van der Waals surface area contributed by atoms with E-state index in [1.807, 2.05) is 0 Å². The van der Waals surface area contributed by atoms with Crippen LogP contribution < -0.4 is 0 Å². The largest absolute Gasteiger partial charge is 0.466 e. The summed E-state index contributed by atoms with van der Waals surface area (Å²) in [6.07, 6.45) is 16.8. The Bertz CT molecular complexity index is 694. The lowest BCUT2D eigenvalue weighted by molar-refractivity contribution is -0.160. The second-order valence-electron chi connectivity index (χ2n) is 10.7. The van der Waals surface area contributed by atoms with Crippen molar-refractivity contribution in [2.45, 2.75) is 110 Å². The summed E-state index contributed by atoms with van der Waals surface area (Å²) in [4.78, 5) is 22.5. The number of ether oxygens (including phenoxy) is 2. The van der Waals surface area contributed by atoms with Gasteiger partial charge in [-0.3, -0.25) is 4.79 Å². The third-order valence-electron chi connectivity index (χ3n) is 8.40. The van der Waals surface area contributed by atoms with E-state index in [0.717, 1.165) is 50.0 Å². The van der Waals surface area contributed by atoms with Crippen LogP contribution in [0.4, 0.5) is 0 Å². The number of methoxy groups -OCH3 is 1. The third kappa shape index (κ3) is 13.0. The molecule has 0 aromatic heterocycles. The highest BCUT2D eigenvalue weighted by molar-refractivity contribution is 5.80. The molecular weight excluding hydrogens is 472 g/mol. The molecule has 0 amide bonds. The highest BCUT2D eigenvalue weighted by Gasteiger charge is 2.33. The van der Waals surface area contributed by atoms with Gasteiger partial charge in [0.2, 0.25) is 0 Å². The molecule has 0 radical (unpaired) electrons. The van der Waals surface area contributed by atoms with Crippen molar-refractivity contribution in [1.82, 2.24) is 0 Å². The minimum atomic E-state index is -0.394. The zero-order valence-corrected chi connectivity index (χ0v) is 23.7. The summed E-state index contributed by atoms with van der Waals surface area (Å²) in [5.74, 6) is 10.4. The van der Waals surface area contributed by atoms with E-state index in [1.165, 1.54) is 58.5 Å². The van der Waals surface area contributed by atoms with Crippen LogP contribution in [0.25, 0.3) is 0 Å². The van der Waals surface area contributed by atoms with Crippen molar-refractivity contribution in [3.8, 4) is 11.8 Å². The Balaban J connectivity index is 0. The van der Waals surface area contributed by atoms with E-state index in [1.54, 1.807) is 0 Å². The summed E-state index contributed by atoms with van der Waals surface area (Å²) >= 11 is 0. The summed E-state index contributed by atoms with van der Waals surface area (Å²) in [7, 11) is 1.31. The zero-order valence-electron chi connectivity index (χ0n) is 23.7. The number of carbonyl (C=O) groups is 2. The summed E-state index contributed by atoms with van der Waals surface area (Å²) in [5, 5.41) is 0. The summed E-state index contributed by atoms with van der Waals surface area (Å²) < 4.78 is 10.1. The number of esters is 2. The van der Waals surface area contributed by atoms with Gasteiger partial charge in [0.15, 0.2) is 0 Å².